The number of carbonyl (C=O) groups excluding carboxylic acids is 4. The molecule has 6 N–H and O–H groups in total. The van der Waals surface area contributed by atoms with E-state index in [1.807, 2.05) is 19.9 Å². The van der Waals surface area contributed by atoms with Gasteiger partial charge in [0.25, 0.3) is 11.8 Å². The molecule has 0 saturated carbocycles. The van der Waals surface area contributed by atoms with Gasteiger partial charge in [-0.25, -0.2) is 0 Å². The van der Waals surface area contributed by atoms with Crippen molar-refractivity contribution in [1.29, 1.82) is 0 Å². The number of anilines is 2. The molecule has 2 aromatic carbocycles. The molecule has 1 atom stereocenters. The summed E-state index contributed by atoms with van der Waals surface area (Å²) in [5.41, 5.74) is 13.3. The first-order valence-electron chi connectivity index (χ1n) is 11.2. The minimum absolute atomic E-state index is 0.0449. The Labute approximate surface area is 217 Å². The summed E-state index contributed by atoms with van der Waals surface area (Å²) in [6.07, 6.45) is 0. The van der Waals surface area contributed by atoms with Crippen LogP contribution < -0.4 is 21.7 Å². The van der Waals surface area contributed by atoms with Gasteiger partial charge in [0.1, 0.15) is 23.2 Å². The Morgan fingerprint density at radius 1 is 1.11 bits per heavy atom. The first-order chi connectivity index (χ1) is 17.5. The molecular weight excluding hydrogens is 498 g/mol. The highest BCUT2D eigenvalue weighted by molar-refractivity contribution is 7.09. The molecule has 0 saturated heterocycles. The number of ether oxygens (including phenoxy) is 1. The number of amides is 3. The smallest absolute Gasteiger partial charge is 0.325 e. The topological polar surface area (TPSA) is 178 Å². The van der Waals surface area contributed by atoms with Crippen LogP contribution in [0, 0.1) is 13.8 Å². The van der Waals surface area contributed by atoms with E-state index in [9.17, 15) is 24.3 Å². The predicted molar refractivity (Wildman–Crippen MR) is 138 cm³/mol. The third-order valence-electron chi connectivity index (χ3n) is 5.29. The molecule has 0 spiro atoms. The number of nitrogens with one attached hydrogen (secondary N) is 1. The van der Waals surface area contributed by atoms with E-state index in [-0.39, 0.29) is 28.6 Å². The molecule has 12 heteroatoms. The van der Waals surface area contributed by atoms with E-state index in [0.717, 1.165) is 11.1 Å². The molecule has 0 bridgehead atoms. The molecule has 194 valence electrons. The summed E-state index contributed by atoms with van der Waals surface area (Å²) < 4.78 is 8.81. The lowest BCUT2D eigenvalue weighted by Gasteiger charge is -2.31. The second-order valence-corrected chi connectivity index (χ2v) is 8.95. The van der Waals surface area contributed by atoms with Gasteiger partial charge in [-0.05, 0) is 73.3 Å². The van der Waals surface area contributed by atoms with Gasteiger partial charge in [0.05, 0.1) is 12.3 Å². The van der Waals surface area contributed by atoms with E-state index in [1.54, 1.807) is 19.1 Å². The average molecular weight is 526 g/mol. The Hall–Kier alpha value is -4.45. The second kappa shape index (κ2) is 11.5. The number of hydrogen-bond acceptors (Lipinski definition) is 9. The first-order valence-corrected chi connectivity index (χ1v) is 12.0. The number of phenolic OH excluding ortho intramolecular Hbond substituents is 1. The van der Waals surface area contributed by atoms with Crippen molar-refractivity contribution in [2.45, 2.75) is 26.8 Å². The number of nitrogen functional groups attached to an aromatic ring is 1. The number of phenols is 1. The standard InChI is InChI=1S/C25H27N5O6S/c1-4-36-18(32)12-28-24(34)21(15-5-7-17(31)8-6-15)30(16-10-13(2)9-14(3)11-16)25(35)22-19(26)20(23(27)33)29-37-22/h5-11,21,31H,4,12,26H2,1-3H3,(H2,27,33)(H,28,34)/t21-/m1/s1. The Morgan fingerprint density at radius 3 is 2.27 bits per heavy atom. The number of benzene rings is 2. The van der Waals surface area contributed by atoms with Crippen molar-refractivity contribution in [2.24, 2.45) is 5.73 Å². The Kier molecular flexibility index (Phi) is 8.45. The second-order valence-electron chi connectivity index (χ2n) is 8.18. The van der Waals surface area contributed by atoms with Crippen LogP contribution in [0.5, 0.6) is 5.75 Å². The van der Waals surface area contributed by atoms with Crippen LogP contribution in [0.4, 0.5) is 11.4 Å². The maximum absolute atomic E-state index is 14.0. The number of esters is 1. The largest absolute Gasteiger partial charge is 0.508 e. The molecule has 0 fully saturated rings. The molecule has 11 nitrogen and oxygen atoms in total. The van der Waals surface area contributed by atoms with Crippen LogP contribution >= 0.6 is 11.5 Å². The van der Waals surface area contributed by atoms with E-state index in [2.05, 4.69) is 9.69 Å². The molecule has 0 unspecified atom stereocenters. The highest BCUT2D eigenvalue weighted by Crippen LogP contribution is 2.34. The van der Waals surface area contributed by atoms with Crippen molar-refractivity contribution in [3.05, 3.63) is 69.7 Å². The van der Waals surface area contributed by atoms with Crippen LogP contribution in [0.1, 0.15) is 49.8 Å². The lowest BCUT2D eigenvalue weighted by Crippen LogP contribution is -2.45. The summed E-state index contributed by atoms with van der Waals surface area (Å²) in [6, 6.07) is 9.73. The van der Waals surface area contributed by atoms with Gasteiger partial charge in [-0.2, -0.15) is 4.37 Å². The van der Waals surface area contributed by atoms with Gasteiger partial charge in [-0.15, -0.1) is 0 Å². The summed E-state index contributed by atoms with van der Waals surface area (Å²) in [4.78, 5) is 52.3. The van der Waals surface area contributed by atoms with Gasteiger partial charge in [0.15, 0.2) is 5.69 Å². The monoisotopic (exact) mass is 525 g/mol. The van der Waals surface area contributed by atoms with Gasteiger partial charge in [-0.1, -0.05) is 18.2 Å². The number of primary amides is 1. The number of nitrogens with two attached hydrogens (primary N) is 2. The van der Waals surface area contributed by atoms with Crippen LogP contribution in [-0.2, 0) is 14.3 Å². The molecule has 1 heterocycles. The molecule has 0 radical (unpaired) electrons. The van der Waals surface area contributed by atoms with Crippen molar-refractivity contribution in [1.82, 2.24) is 9.69 Å². The van der Waals surface area contributed by atoms with E-state index in [0.29, 0.717) is 22.8 Å². The van der Waals surface area contributed by atoms with Crippen LogP contribution in [0.25, 0.3) is 0 Å². The van der Waals surface area contributed by atoms with Crippen molar-refractivity contribution in [3.8, 4) is 5.75 Å². The normalized spacial score (nSPS) is 11.4. The lowest BCUT2D eigenvalue weighted by molar-refractivity contribution is -0.143. The molecule has 3 amide bonds. The summed E-state index contributed by atoms with van der Waals surface area (Å²) in [7, 11) is 0. The summed E-state index contributed by atoms with van der Waals surface area (Å²) in [6.45, 7) is 5.02. The molecule has 37 heavy (non-hydrogen) atoms. The third-order valence-corrected chi connectivity index (χ3v) is 6.14. The minimum atomic E-state index is -1.30. The fraction of sp³-hybridized carbons (Fsp3) is 0.240. The minimum Gasteiger partial charge on any atom is -0.508 e. The average Bonchev–Trinajstić information content (AvgIpc) is 3.22. The fourth-order valence-corrected chi connectivity index (χ4v) is 4.50. The quantitative estimate of drug-likeness (QED) is 0.307. The highest BCUT2D eigenvalue weighted by Gasteiger charge is 2.36. The summed E-state index contributed by atoms with van der Waals surface area (Å²) in [5.74, 6) is -2.99. The lowest BCUT2D eigenvalue weighted by atomic mass is 10.0. The van der Waals surface area contributed by atoms with Gasteiger partial charge in [-0.3, -0.25) is 24.1 Å². The number of carbonyl (C=O) groups is 4. The van der Waals surface area contributed by atoms with E-state index >= 15 is 0 Å². The molecule has 0 aliphatic heterocycles. The SMILES string of the molecule is CCOC(=O)CNC(=O)[C@@H](c1ccc(O)cc1)N(C(=O)c1snc(C(N)=O)c1N)c1cc(C)cc(C)c1. The number of hydrogen-bond donors (Lipinski definition) is 4. The first kappa shape index (κ1) is 27.1. The van der Waals surface area contributed by atoms with Gasteiger partial charge >= 0.3 is 5.97 Å². The van der Waals surface area contributed by atoms with Crippen LogP contribution in [0.2, 0.25) is 0 Å². The Bertz CT molecular complexity index is 1320. The van der Waals surface area contributed by atoms with Gasteiger partial charge in [0, 0.05) is 5.69 Å². The van der Waals surface area contributed by atoms with Crippen molar-refractivity contribution in [3.63, 3.8) is 0 Å². The maximum atomic E-state index is 14.0. The van der Waals surface area contributed by atoms with Crippen LogP contribution in [0.15, 0.2) is 42.5 Å². The zero-order valence-corrected chi connectivity index (χ0v) is 21.3. The summed E-state index contributed by atoms with van der Waals surface area (Å²) in [5, 5.41) is 12.3. The van der Waals surface area contributed by atoms with Gasteiger partial charge in [0.2, 0.25) is 5.91 Å². The van der Waals surface area contributed by atoms with E-state index in [1.165, 1.54) is 29.2 Å². The van der Waals surface area contributed by atoms with E-state index in [4.69, 9.17) is 16.2 Å². The highest BCUT2D eigenvalue weighted by atomic mass is 32.1. The molecular formula is C25H27N5O6S. The zero-order chi connectivity index (χ0) is 27.3. The third kappa shape index (κ3) is 6.22. The fourth-order valence-electron chi connectivity index (χ4n) is 3.75. The molecule has 0 aliphatic carbocycles. The number of aryl methyl sites for hydroxylation is 2. The van der Waals surface area contributed by atoms with Crippen molar-refractivity contribution < 1.29 is 29.0 Å². The number of aromatic nitrogens is 1. The molecule has 3 aromatic rings. The van der Waals surface area contributed by atoms with Crippen molar-refractivity contribution in [2.75, 3.05) is 23.8 Å². The van der Waals surface area contributed by atoms with Crippen LogP contribution in [0.3, 0.4) is 0 Å². The predicted octanol–water partition coefficient (Wildman–Crippen LogP) is 2.21. The number of nitrogens with zero attached hydrogens (tertiary/aromatic N) is 2. The molecule has 3 rings (SSSR count). The summed E-state index contributed by atoms with van der Waals surface area (Å²) >= 11 is 0.683. The zero-order valence-electron chi connectivity index (χ0n) is 20.5. The Balaban J connectivity index is 2.19. The maximum Gasteiger partial charge on any atom is 0.325 e. The van der Waals surface area contributed by atoms with E-state index < -0.39 is 36.3 Å². The van der Waals surface area contributed by atoms with Crippen molar-refractivity contribution >= 4 is 46.6 Å². The number of rotatable bonds is 9. The molecule has 1 aromatic heterocycles. The number of aromatic hydroxyl groups is 1. The van der Waals surface area contributed by atoms with Crippen LogP contribution in [-0.4, -0.2) is 46.3 Å². The molecule has 0 aliphatic rings. The van der Waals surface area contributed by atoms with Gasteiger partial charge < -0.3 is 26.6 Å². The Morgan fingerprint density at radius 2 is 1.73 bits per heavy atom.